The van der Waals surface area contributed by atoms with Gasteiger partial charge in [-0.15, -0.1) is 0 Å². The number of nitrogens with one attached hydrogen (secondary N) is 1. The van der Waals surface area contributed by atoms with Crippen LogP contribution in [0.1, 0.15) is 48.6 Å². The number of fused-ring (bicyclic) bond motifs is 1. The average molecular weight is 255 g/mol. The number of hydrogen-bond donors (Lipinski definition) is 1. The summed E-state index contributed by atoms with van der Waals surface area (Å²) >= 11 is 0. The summed E-state index contributed by atoms with van der Waals surface area (Å²) in [6, 6.07) is 8.68. The van der Waals surface area contributed by atoms with Crippen LogP contribution in [0.4, 0.5) is 0 Å². The molecule has 0 bridgehead atoms. The largest absolute Gasteiger partial charge is 0.338 e. The zero-order valence-corrected chi connectivity index (χ0v) is 11.0. The normalized spacial score (nSPS) is 23.9. The van der Waals surface area contributed by atoms with Gasteiger partial charge >= 0.3 is 0 Å². The second-order valence-corrected chi connectivity index (χ2v) is 5.92. The molecule has 19 heavy (non-hydrogen) atoms. The van der Waals surface area contributed by atoms with Crippen molar-refractivity contribution < 1.29 is 4.52 Å². The molecule has 1 aromatic carbocycles. The fraction of sp³-hybridized carbons (Fsp3) is 0.467. The summed E-state index contributed by atoms with van der Waals surface area (Å²) in [6.07, 6.45) is 3.27. The molecule has 4 nitrogen and oxygen atoms in total. The summed E-state index contributed by atoms with van der Waals surface area (Å²) < 4.78 is 5.46. The molecular formula is C15H17N3O. The zero-order chi connectivity index (χ0) is 12.9. The van der Waals surface area contributed by atoms with E-state index in [1.165, 1.54) is 24.0 Å². The summed E-state index contributed by atoms with van der Waals surface area (Å²) in [5.41, 5.74) is 2.92. The van der Waals surface area contributed by atoms with E-state index in [2.05, 4.69) is 46.6 Å². The highest BCUT2D eigenvalue weighted by atomic mass is 16.5. The van der Waals surface area contributed by atoms with Crippen LogP contribution in [0.25, 0.3) is 0 Å². The van der Waals surface area contributed by atoms with Gasteiger partial charge in [0, 0.05) is 12.0 Å². The van der Waals surface area contributed by atoms with Gasteiger partial charge in [-0.2, -0.15) is 4.98 Å². The molecular weight excluding hydrogens is 238 g/mol. The third-order valence-electron chi connectivity index (χ3n) is 4.36. The molecule has 0 radical (unpaired) electrons. The molecule has 4 heteroatoms. The van der Waals surface area contributed by atoms with Crippen molar-refractivity contribution in [3.05, 3.63) is 47.1 Å². The molecule has 2 heterocycles. The van der Waals surface area contributed by atoms with E-state index in [1.807, 2.05) is 0 Å². The van der Waals surface area contributed by atoms with Crippen molar-refractivity contribution in [3.63, 3.8) is 0 Å². The Morgan fingerprint density at radius 2 is 2.05 bits per heavy atom. The molecule has 4 rings (SSSR count). The lowest BCUT2D eigenvalue weighted by Gasteiger charge is -2.23. The monoisotopic (exact) mass is 255 g/mol. The summed E-state index contributed by atoms with van der Waals surface area (Å²) in [6.45, 7) is 3.07. The molecule has 1 N–H and O–H groups in total. The molecule has 2 aromatic rings. The van der Waals surface area contributed by atoms with Crippen LogP contribution < -0.4 is 5.32 Å². The Labute approximate surface area is 112 Å². The lowest BCUT2D eigenvalue weighted by molar-refractivity contribution is 0.317. The molecule has 1 aromatic heterocycles. The van der Waals surface area contributed by atoms with E-state index >= 15 is 0 Å². The molecule has 0 amide bonds. The van der Waals surface area contributed by atoms with Crippen molar-refractivity contribution in [1.82, 2.24) is 15.5 Å². The number of benzene rings is 1. The third kappa shape index (κ3) is 1.87. The maximum absolute atomic E-state index is 5.46. The Balaban J connectivity index is 1.59. The fourth-order valence-electron chi connectivity index (χ4n) is 2.66. The van der Waals surface area contributed by atoms with Crippen molar-refractivity contribution >= 4 is 0 Å². The van der Waals surface area contributed by atoms with E-state index < -0.39 is 0 Å². The smallest absolute Gasteiger partial charge is 0.244 e. The van der Waals surface area contributed by atoms with Gasteiger partial charge in [0.05, 0.1) is 6.04 Å². The number of hydrogen-bond acceptors (Lipinski definition) is 4. The van der Waals surface area contributed by atoms with Crippen LogP contribution in [0.2, 0.25) is 0 Å². The molecule has 0 unspecified atom stereocenters. The molecule has 98 valence electrons. The minimum absolute atomic E-state index is 0.151. The van der Waals surface area contributed by atoms with Crippen LogP contribution in [-0.2, 0) is 18.4 Å². The van der Waals surface area contributed by atoms with Crippen molar-refractivity contribution in [3.8, 4) is 0 Å². The lowest BCUT2D eigenvalue weighted by atomic mass is 9.96. The lowest BCUT2D eigenvalue weighted by Crippen LogP contribution is -2.28. The SMILES string of the molecule is CC1(c2noc([C@H]3Cc4ccccc4CN3)n2)CC1. The summed E-state index contributed by atoms with van der Waals surface area (Å²) in [4.78, 5) is 4.60. The molecule has 1 saturated carbocycles. The van der Waals surface area contributed by atoms with Gasteiger partial charge in [0.1, 0.15) is 0 Å². The maximum Gasteiger partial charge on any atom is 0.244 e. The maximum atomic E-state index is 5.46. The van der Waals surface area contributed by atoms with Crippen molar-refractivity contribution in [2.45, 2.75) is 44.2 Å². The van der Waals surface area contributed by atoms with E-state index in [9.17, 15) is 0 Å². The molecule has 2 aliphatic rings. The topological polar surface area (TPSA) is 51.0 Å². The van der Waals surface area contributed by atoms with Crippen molar-refractivity contribution in [2.24, 2.45) is 0 Å². The second kappa shape index (κ2) is 3.90. The van der Waals surface area contributed by atoms with E-state index in [4.69, 9.17) is 4.52 Å². The van der Waals surface area contributed by atoms with Crippen LogP contribution in [-0.4, -0.2) is 10.1 Å². The zero-order valence-electron chi connectivity index (χ0n) is 11.0. The van der Waals surface area contributed by atoms with Gasteiger partial charge in [0.15, 0.2) is 5.82 Å². The van der Waals surface area contributed by atoms with E-state index in [0.717, 1.165) is 24.7 Å². The predicted octanol–water partition coefficient (Wildman–Crippen LogP) is 2.51. The van der Waals surface area contributed by atoms with Crippen molar-refractivity contribution in [2.75, 3.05) is 0 Å². The molecule has 1 atom stereocenters. The van der Waals surface area contributed by atoms with Crippen LogP contribution in [0, 0.1) is 0 Å². The Morgan fingerprint density at radius 3 is 2.84 bits per heavy atom. The Hall–Kier alpha value is -1.68. The highest BCUT2D eigenvalue weighted by Gasteiger charge is 2.44. The summed E-state index contributed by atoms with van der Waals surface area (Å²) in [5.74, 6) is 1.61. The summed E-state index contributed by atoms with van der Waals surface area (Å²) in [5, 5.41) is 7.64. The molecule has 0 spiro atoms. The first-order chi connectivity index (χ1) is 9.24. The standard InChI is InChI=1S/C15H17N3O/c1-15(6-7-15)14-17-13(19-18-14)12-8-10-4-2-3-5-11(10)9-16-12/h2-5,12,16H,6-9H2,1H3/t12-/m1/s1. The quantitative estimate of drug-likeness (QED) is 0.895. The molecule has 1 aliphatic carbocycles. The highest BCUT2D eigenvalue weighted by Crippen LogP contribution is 2.46. The van der Waals surface area contributed by atoms with Gasteiger partial charge in [-0.3, -0.25) is 0 Å². The van der Waals surface area contributed by atoms with E-state index in [-0.39, 0.29) is 11.5 Å². The van der Waals surface area contributed by atoms with Gasteiger partial charge in [-0.25, -0.2) is 0 Å². The third-order valence-corrected chi connectivity index (χ3v) is 4.36. The Morgan fingerprint density at radius 1 is 1.26 bits per heavy atom. The van der Waals surface area contributed by atoms with Gasteiger partial charge in [0.2, 0.25) is 5.89 Å². The second-order valence-electron chi connectivity index (χ2n) is 5.92. The van der Waals surface area contributed by atoms with Crippen LogP contribution in [0.5, 0.6) is 0 Å². The van der Waals surface area contributed by atoms with Crippen molar-refractivity contribution in [1.29, 1.82) is 0 Å². The van der Waals surface area contributed by atoms with Crippen LogP contribution in [0.15, 0.2) is 28.8 Å². The van der Waals surface area contributed by atoms with Gasteiger partial charge < -0.3 is 9.84 Å². The van der Waals surface area contributed by atoms with Crippen LogP contribution in [0.3, 0.4) is 0 Å². The van der Waals surface area contributed by atoms with Gasteiger partial charge in [0.25, 0.3) is 0 Å². The van der Waals surface area contributed by atoms with Gasteiger partial charge in [-0.1, -0.05) is 36.3 Å². The van der Waals surface area contributed by atoms with E-state index in [0.29, 0.717) is 0 Å². The Kier molecular flexibility index (Phi) is 2.30. The first-order valence-electron chi connectivity index (χ1n) is 6.89. The molecule has 1 fully saturated rings. The van der Waals surface area contributed by atoms with Crippen LogP contribution >= 0.6 is 0 Å². The fourth-order valence-corrected chi connectivity index (χ4v) is 2.66. The first-order valence-corrected chi connectivity index (χ1v) is 6.89. The minimum atomic E-state index is 0.151. The minimum Gasteiger partial charge on any atom is -0.338 e. The Bertz CT molecular complexity index is 615. The number of aromatic nitrogens is 2. The number of rotatable bonds is 2. The van der Waals surface area contributed by atoms with Gasteiger partial charge in [-0.05, 0) is 30.4 Å². The predicted molar refractivity (Wildman–Crippen MR) is 70.6 cm³/mol. The first kappa shape index (κ1) is 11.2. The number of nitrogens with zero attached hydrogens (tertiary/aromatic N) is 2. The molecule has 0 saturated heterocycles. The molecule has 1 aliphatic heterocycles. The highest BCUT2D eigenvalue weighted by molar-refractivity contribution is 5.30. The average Bonchev–Trinajstić information content (AvgIpc) is 3.02. The van der Waals surface area contributed by atoms with E-state index in [1.54, 1.807) is 0 Å². The summed E-state index contributed by atoms with van der Waals surface area (Å²) in [7, 11) is 0.